The van der Waals surface area contributed by atoms with Crippen LogP contribution in [0.2, 0.25) is 0 Å². The molecule has 0 aromatic heterocycles. The minimum atomic E-state index is -0.562. The Kier molecular flexibility index (Phi) is 8.89. The lowest BCUT2D eigenvalue weighted by Gasteiger charge is -1.87. The lowest BCUT2D eigenvalue weighted by molar-refractivity contribution is -0.156. The maximum absolute atomic E-state index is 9.81. The molecule has 0 spiro atoms. The molecule has 0 aliphatic heterocycles. The van der Waals surface area contributed by atoms with Crippen LogP contribution in [0.5, 0.6) is 0 Å². The molecule has 0 amide bonds. The van der Waals surface area contributed by atoms with Crippen molar-refractivity contribution in [3.05, 3.63) is 12.7 Å². The Morgan fingerprint density at radius 1 is 1.25 bits per heavy atom. The summed E-state index contributed by atoms with van der Waals surface area (Å²) in [6.45, 7) is 5.44. The lowest BCUT2D eigenvalue weighted by atomic mass is 10.7. The van der Waals surface area contributed by atoms with Crippen molar-refractivity contribution in [2.24, 2.45) is 0 Å². The van der Waals surface area contributed by atoms with Gasteiger partial charge in [0.05, 0.1) is 0 Å². The first kappa shape index (κ1) is 13.4. The van der Waals surface area contributed by atoms with E-state index in [0.717, 1.165) is 6.08 Å². The van der Waals surface area contributed by atoms with Crippen molar-refractivity contribution >= 4 is 28.8 Å². The minimum Gasteiger partial charge on any atom is -0.394 e. The molecule has 0 aromatic rings. The number of hydrogen-bond donors (Lipinski definition) is 0. The molecule has 0 saturated heterocycles. The van der Waals surface area contributed by atoms with Crippen molar-refractivity contribution < 1.29 is 19.1 Å². The number of carbonyl (C=O) groups is 3. The summed E-state index contributed by atoms with van der Waals surface area (Å²) in [4.78, 5) is 29.1. The summed E-state index contributed by atoms with van der Waals surface area (Å²) in [5, 5.41) is -0.509. The number of esters is 2. The zero-order valence-corrected chi connectivity index (χ0v) is 7.55. The average Bonchev–Trinajstić information content (AvgIpc) is 1.85. The van der Waals surface area contributed by atoms with E-state index in [2.05, 4.69) is 11.3 Å². The molecule has 12 heavy (non-hydrogen) atoms. The summed E-state index contributed by atoms with van der Waals surface area (Å²) in [6.07, 6.45) is 1.04. The van der Waals surface area contributed by atoms with Crippen LogP contribution in [0.1, 0.15) is 13.8 Å². The zero-order valence-electron chi connectivity index (χ0n) is 6.80. The summed E-state index contributed by atoms with van der Waals surface area (Å²) in [5.74, 6) is -1.12. The predicted molar refractivity (Wildman–Crippen MR) is 43.5 cm³/mol. The monoisotopic (exact) mass is 192 g/mol. The number of allylic oxidation sites excluding steroid dienone is 1. The molecule has 0 heterocycles. The number of rotatable bonds is 1. The molecule has 0 rings (SSSR count). The first-order chi connectivity index (χ1) is 5.40. The van der Waals surface area contributed by atoms with E-state index in [0.29, 0.717) is 0 Å². The zero-order chi connectivity index (χ0) is 10.1. The summed E-state index contributed by atoms with van der Waals surface area (Å²) in [7, 11) is 0. The highest BCUT2D eigenvalue weighted by molar-refractivity contribution is 6.66. The van der Waals surface area contributed by atoms with Gasteiger partial charge in [-0.2, -0.15) is 0 Å². The van der Waals surface area contributed by atoms with Crippen molar-refractivity contribution in [1.82, 2.24) is 0 Å². The van der Waals surface area contributed by atoms with Crippen molar-refractivity contribution in [2.75, 3.05) is 0 Å². The average molecular weight is 193 g/mol. The number of ether oxygens (including phenoxy) is 1. The fraction of sp³-hybridized carbons (Fsp3) is 0.286. The molecule has 0 aliphatic rings. The molecule has 0 bridgehead atoms. The molecular formula is C7H9ClO4. The van der Waals surface area contributed by atoms with Gasteiger partial charge in [-0.15, -0.1) is 0 Å². The summed E-state index contributed by atoms with van der Waals surface area (Å²) >= 11 is 4.71. The first-order valence-corrected chi connectivity index (χ1v) is 3.28. The van der Waals surface area contributed by atoms with Crippen LogP contribution in [0, 0.1) is 0 Å². The van der Waals surface area contributed by atoms with E-state index in [-0.39, 0.29) is 0 Å². The number of carbonyl (C=O) groups excluding carboxylic acids is 3. The fourth-order valence-corrected chi connectivity index (χ4v) is 0.202. The number of halogens is 1. The molecule has 0 unspecified atom stereocenters. The van der Waals surface area contributed by atoms with Crippen LogP contribution < -0.4 is 0 Å². The van der Waals surface area contributed by atoms with Gasteiger partial charge in [0.25, 0.3) is 0 Å². The molecule has 0 radical (unpaired) electrons. The van der Waals surface area contributed by atoms with E-state index in [4.69, 9.17) is 11.6 Å². The Balaban J connectivity index is 0. The van der Waals surface area contributed by atoms with Crippen molar-refractivity contribution in [3.63, 3.8) is 0 Å². The van der Waals surface area contributed by atoms with Gasteiger partial charge in [0.2, 0.25) is 5.24 Å². The molecule has 0 aromatic carbocycles. The van der Waals surface area contributed by atoms with Crippen LogP contribution in [0.25, 0.3) is 0 Å². The van der Waals surface area contributed by atoms with Gasteiger partial charge >= 0.3 is 11.9 Å². The SMILES string of the molecule is C=CC(=O)Cl.CC(=O)OC(C)=O. The molecular weight excluding hydrogens is 184 g/mol. The Labute approximate surface area is 75.1 Å². The minimum absolute atomic E-state index is 0.509. The Bertz CT molecular complexity index is 186. The van der Waals surface area contributed by atoms with Crippen molar-refractivity contribution in [3.8, 4) is 0 Å². The van der Waals surface area contributed by atoms with Gasteiger partial charge in [-0.05, 0) is 17.7 Å². The molecule has 0 aliphatic carbocycles. The van der Waals surface area contributed by atoms with Gasteiger partial charge in [0, 0.05) is 13.8 Å². The molecule has 0 N–H and O–H groups in total. The quantitative estimate of drug-likeness (QED) is 0.270. The van der Waals surface area contributed by atoms with Crippen LogP contribution >= 0.6 is 11.6 Å². The maximum Gasteiger partial charge on any atom is 0.310 e. The van der Waals surface area contributed by atoms with E-state index in [1.807, 2.05) is 0 Å². The van der Waals surface area contributed by atoms with Gasteiger partial charge in [-0.1, -0.05) is 6.58 Å². The molecule has 0 atom stereocenters. The second kappa shape index (κ2) is 7.94. The fourth-order valence-electron chi connectivity index (χ4n) is 0.202. The third kappa shape index (κ3) is 23.2. The van der Waals surface area contributed by atoms with Gasteiger partial charge in [0.15, 0.2) is 0 Å². The normalized spacial score (nSPS) is 7.25. The van der Waals surface area contributed by atoms with Gasteiger partial charge in [0.1, 0.15) is 0 Å². The van der Waals surface area contributed by atoms with E-state index < -0.39 is 17.2 Å². The van der Waals surface area contributed by atoms with Crippen LogP contribution in [0.4, 0.5) is 0 Å². The third-order valence-electron chi connectivity index (χ3n) is 0.448. The highest BCUT2D eigenvalue weighted by atomic mass is 35.5. The van der Waals surface area contributed by atoms with Gasteiger partial charge in [-0.3, -0.25) is 14.4 Å². The summed E-state index contributed by atoms with van der Waals surface area (Å²) < 4.78 is 3.97. The first-order valence-electron chi connectivity index (χ1n) is 2.91. The third-order valence-corrected chi connectivity index (χ3v) is 0.602. The second-order valence-electron chi connectivity index (χ2n) is 1.59. The van der Waals surface area contributed by atoms with E-state index >= 15 is 0 Å². The van der Waals surface area contributed by atoms with Crippen molar-refractivity contribution in [2.45, 2.75) is 13.8 Å². The Morgan fingerprint density at radius 3 is 1.50 bits per heavy atom. The summed E-state index contributed by atoms with van der Waals surface area (Å²) in [5.41, 5.74) is 0. The van der Waals surface area contributed by atoms with E-state index in [1.54, 1.807) is 0 Å². The maximum atomic E-state index is 9.81. The lowest BCUT2D eigenvalue weighted by Crippen LogP contribution is -2.03. The smallest absolute Gasteiger partial charge is 0.310 e. The Hall–Kier alpha value is -1.16. The topological polar surface area (TPSA) is 60.4 Å². The van der Waals surface area contributed by atoms with E-state index in [1.165, 1.54) is 13.8 Å². The molecule has 0 fully saturated rings. The van der Waals surface area contributed by atoms with E-state index in [9.17, 15) is 14.4 Å². The number of hydrogen-bond acceptors (Lipinski definition) is 4. The Morgan fingerprint density at radius 2 is 1.50 bits per heavy atom. The summed E-state index contributed by atoms with van der Waals surface area (Å²) in [6, 6.07) is 0. The molecule has 68 valence electrons. The predicted octanol–water partition coefficient (Wildman–Crippen LogP) is 1.03. The van der Waals surface area contributed by atoms with Crippen LogP contribution in [0.3, 0.4) is 0 Å². The molecule has 5 heteroatoms. The van der Waals surface area contributed by atoms with Crippen LogP contribution in [-0.4, -0.2) is 17.2 Å². The van der Waals surface area contributed by atoms with Crippen LogP contribution in [-0.2, 0) is 19.1 Å². The standard InChI is InChI=1S/C4H6O3.C3H3ClO/c1-3(5)7-4(2)6;1-2-3(4)5/h1-2H3;2H,1H2. The van der Waals surface area contributed by atoms with Crippen LogP contribution in [0.15, 0.2) is 12.7 Å². The molecule has 0 saturated carbocycles. The largest absolute Gasteiger partial charge is 0.394 e. The van der Waals surface area contributed by atoms with Crippen molar-refractivity contribution in [1.29, 1.82) is 0 Å². The second-order valence-corrected chi connectivity index (χ2v) is 1.97. The van der Waals surface area contributed by atoms with Gasteiger partial charge < -0.3 is 4.74 Å². The molecule has 4 nitrogen and oxygen atoms in total. The highest BCUT2D eigenvalue weighted by Gasteiger charge is 1.93. The van der Waals surface area contributed by atoms with Gasteiger partial charge in [-0.25, -0.2) is 0 Å². The highest BCUT2D eigenvalue weighted by Crippen LogP contribution is 1.74.